The molecule has 0 spiro atoms. The van der Waals surface area contributed by atoms with Crippen molar-refractivity contribution in [2.24, 2.45) is 11.3 Å². The Morgan fingerprint density at radius 3 is 3.05 bits per heavy atom. The average Bonchev–Trinajstić information content (AvgIpc) is 2.93. The zero-order valence-corrected chi connectivity index (χ0v) is 13.6. The summed E-state index contributed by atoms with van der Waals surface area (Å²) >= 11 is 0. The number of nitrogens with zero attached hydrogens (tertiary/aromatic N) is 2. The fourth-order valence-corrected chi connectivity index (χ4v) is 4.29. The fraction of sp³-hybridized carbons (Fsp3) is 0.611. The first-order valence-corrected chi connectivity index (χ1v) is 7.99. The van der Waals surface area contributed by atoms with Crippen molar-refractivity contribution >= 4 is 0 Å². The average molecular weight is 300 g/mol. The largest absolute Gasteiger partial charge is 0.492 e. The summed E-state index contributed by atoms with van der Waals surface area (Å²) in [6.45, 7) is 7.03. The summed E-state index contributed by atoms with van der Waals surface area (Å²) in [6, 6.07) is 10.0. The maximum atomic E-state index is 8.91. The number of hydrogen-bond acceptors (Lipinski definition) is 4. The van der Waals surface area contributed by atoms with Gasteiger partial charge in [-0.25, -0.2) is 0 Å². The minimum absolute atomic E-state index is 0.219. The molecule has 1 aromatic rings. The van der Waals surface area contributed by atoms with Crippen LogP contribution in [0.3, 0.4) is 0 Å². The zero-order valence-electron chi connectivity index (χ0n) is 13.6. The third-order valence-corrected chi connectivity index (χ3v) is 5.19. The van der Waals surface area contributed by atoms with E-state index in [2.05, 4.69) is 31.9 Å². The molecule has 0 bridgehead atoms. The molecule has 3 rings (SSSR count). The highest BCUT2D eigenvalue weighted by Gasteiger charge is 2.60. The van der Waals surface area contributed by atoms with Crippen LogP contribution in [0.15, 0.2) is 24.3 Å². The lowest BCUT2D eigenvalue weighted by atomic mass is 9.57. The number of likely N-dealkylation sites (N-methyl/N-ethyl adjacent to an activating group) is 1. The second-order valence-corrected chi connectivity index (χ2v) is 6.98. The van der Waals surface area contributed by atoms with Crippen molar-refractivity contribution in [3.63, 3.8) is 0 Å². The molecule has 22 heavy (non-hydrogen) atoms. The van der Waals surface area contributed by atoms with Crippen LogP contribution in [-0.2, 0) is 4.74 Å². The lowest BCUT2D eigenvalue weighted by Crippen LogP contribution is -2.66. The molecule has 4 heteroatoms. The van der Waals surface area contributed by atoms with Crippen molar-refractivity contribution in [3.05, 3.63) is 29.8 Å². The van der Waals surface area contributed by atoms with Gasteiger partial charge in [-0.05, 0) is 31.7 Å². The van der Waals surface area contributed by atoms with Crippen LogP contribution in [0.4, 0.5) is 0 Å². The van der Waals surface area contributed by atoms with Crippen LogP contribution < -0.4 is 4.74 Å². The third kappa shape index (κ3) is 2.60. The van der Waals surface area contributed by atoms with Gasteiger partial charge in [-0.1, -0.05) is 19.9 Å². The molecular weight excluding hydrogens is 276 g/mol. The quantitative estimate of drug-likeness (QED) is 0.838. The molecule has 3 atom stereocenters. The summed E-state index contributed by atoms with van der Waals surface area (Å²) in [5.41, 5.74) is 0.855. The summed E-state index contributed by atoms with van der Waals surface area (Å²) in [4.78, 5) is 2.41. The molecule has 2 fully saturated rings. The molecule has 1 aromatic carbocycles. The number of hydrogen-bond donors (Lipinski definition) is 0. The molecule has 0 N–H and O–H groups in total. The SMILES string of the molecule is CN(CCOc1cccc(C#N)c1)C1C2CCOC2C1(C)C. The molecule has 2 aliphatic rings. The Kier molecular flexibility index (Phi) is 4.12. The molecule has 1 heterocycles. The standard InChI is InChI=1S/C18H24N2O2/c1-18(2)16(15-7-9-22-17(15)18)20(3)8-10-21-14-6-4-5-13(11-14)12-19/h4-6,11,15-17H,7-10H2,1-3H3. The van der Waals surface area contributed by atoms with Gasteiger partial charge in [0.05, 0.1) is 17.7 Å². The molecule has 4 nitrogen and oxygen atoms in total. The third-order valence-electron chi connectivity index (χ3n) is 5.19. The van der Waals surface area contributed by atoms with Crippen molar-refractivity contribution in [2.45, 2.75) is 32.4 Å². The minimum atomic E-state index is 0.219. The van der Waals surface area contributed by atoms with Gasteiger partial charge in [-0.15, -0.1) is 0 Å². The lowest BCUT2D eigenvalue weighted by Gasteiger charge is -2.58. The van der Waals surface area contributed by atoms with Crippen LogP contribution in [-0.4, -0.2) is 43.9 Å². The van der Waals surface area contributed by atoms with Gasteiger partial charge in [0.1, 0.15) is 12.4 Å². The first-order chi connectivity index (χ1) is 10.5. The van der Waals surface area contributed by atoms with Crippen LogP contribution in [0, 0.1) is 22.7 Å². The Hall–Kier alpha value is -1.57. The zero-order chi connectivity index (χ0) is 15.7. The molecule has 118 valence electrons. The van der Waals surface area contributed by atoms with Gasteiger partial charge in [-0.3, -0.25) is 4.90 Å². The van der Waals surface area contributed by atoms with E-state index in [-0.39, 0.29) is 5.41 Å². The fourth-order valence-electron chi connectivity index (χ4n) is 4.29. The number of benzene rings is 1. The normalized spacial score (nSPS) is 28.8. The van der Waals surface area contributed by atoms with Crippen molar-refractivity contribution in [3.8, 4) is 11.8 Å². The molecule has 1 aliphatic heterocycles. The van der Waals surface area contributed by atoms with E-state index in [0.717, 1.165) is 18.9 Å². The highest BCUT2D eigenvalue weighted by atomic mass is 16.5. The Morgan fingerprint density at radius 1 is 1.45 bits per heavy atom. The Bertz CT molecular complexity index is 579. The van der Waals surface area contributed by atoms with E-state index in [9.17, 15) is 0 Å². The second kappa shape index (κ2) is 5.91. The van der Waals surface area contributed by atoms with Crippen LogP contribution in [0.25, 0.3) is 0 Å². The monoisotopic (exact) mass is 300 g/mol. The Labute approximate surface area is 132 Å². The van der Waals surface area contributed by atoms with Gasteiger partial charge in [0.25, 0.3) is 0 Å². The Morgan fingerprint density at radius 2 is 2.27 bits per heavy atom. The highest BCUT2D eigenvalue weighted by Crippen LogP contribution is 2.54. The predicted molar refractivity (Wildman–Crippen MR) is 84.7 cm³/mol. The minimum Gasteiger partial charge on any atom is -0.492 e. The van der Waals surface area contributed by atoms with Crippen molar-refractivity contribution in [2.75, 3.05) is 26.8 Å². The molecule has 3 unspecified atom stereocenters. The summed E-state index contributed by atoms with van der Waals surface area (Å²) in [7, 11) is 2.18. The van der Waals surface area contributed by atoms with E-state index < -0.39 is 0 Å². The van der Waals surface area contributed by atoms with Crippen molar-refractivity contribution in [1.82, 2.24) is 4.90 Å². The van der Waals surface area contributed by atoms with E-state index in [0.29, 0.717) is 30.2 Å². The van der Waals surface area contributed by atoms with E-state index >= 15 is 0 Å². The Balaban J connectivity index is 1.52. The van der Waals surface area contributed by atoms with E-state index in [1.807, 2.05) is 12.1 Å². The van der Waals surface area contributed by atoms with Crippen molar-refractivity contribution in [1.29, 1.82) is 5.26 Å². The number of rotatable bonds is 5. The van der Waals surface area contributed by atoms with Gasteiger partial charge in [0.15, 0.2) is 0 Å². The van der Waals surface area contributed by atoms with Crippen LogP contribution in [0.2, 0.25) is 0 Å². The van der Waals surface area contributed by atoms with Crippen LogP contribution >= 0.6 is 0 Å². The molecule has 0 aromatic heterocycles. The first-order valence-electron chi connectivity index (χ1n) is 7.99. The molecule has 1 saturated carbocycles. The molecule has 0 radical (unpaired) electrons. The molecule has 1 saturated heterocycles. The van der Waals surface area contributed by atoms with Crippen LogP contribution in [0.5, 0.6) is 5.75 Å². The van der Waals surface area contributed by atoms with Gasteiger partial charge >= 0.3 is 0 Å². The molecular formula is C18H24N2O2. The number of fused-ring (bicyclic) bond motifs is 1. The van der Waals surface area contributed by atoms with E-state index in [4.69, 9.17) is 14.7 Å². The first kappa shape index (κ1) is 15.3. The topological polar surface area (TPSA) is 45.5 Å². The van der Waals surface area contributed by atoms with Crippen LogP contribution in [0.1, 0.15) is 25.8 Å². The van der Waals surface area contributed by atoms with Crippen molar-refractivity contribution < 1.29 is 9.47 Å². The maximum absolute atomic E-state index is 8.91. The van der Waals surface area contributed by atoms with Gasteiger partial charge < -0.3 is 9.47 Å². The summed E-state index contributed by atoms with van der Waals surface area (Å²) in [6.07, 6.45) is 1.60. The number of ether oxygens (including phenoxy) is 2. The molecule has 1 aliphatic carbocycles. The maximum Gasteiger partial charge on any atom is 0.120 e. The van der Waals surface area contributed by atoms with Gasteiger partial charge in [0.2, 0.25) is 0 Å². The molecule has 0 amide bonds. The predicted octanol–water partition coefficient (Wildman–Crippen LogP) is 2.68. The highest BCUT2D eigenvalue weighted by molar-refractivity contribution is 5.36. The lowest BCUT2D eigenvalue weighted by molar-refractivity contribution is -0.150. The summed E-state index contributed by atoms with van der Waals surface area (Å²) in [5, 5.41) is 8.91. The summed E-state index contributed by atoms with van der Waals surface area (Å²) in [5.74, 6) is 1.43. The van der Waals surface area contributed by atoms with Gasteiger partial charge in [-0.2, -0.15) is 5.26 Å². The second-order valence-electron chi connectivity index (χ2n) is 6.98. The summed E-state index contributed by atoms with van der Waals surface area (Å²) < 4.78 is 11.7. The van der Waals surface area contributed by atoms with E-state index in [1.54, 1.807) is 12.1 Å². The number of nitriles is 1. The van der Waals surface area contributed by atoms with Gasteiger partial charge in [0, 0.05) is 30.5 Å². The van der Waals surface area contributed by atoms with E-state index in [1.165, 1.54) is 6.42 Å². The smallest absolute Gasteiger partial charge is 0.120 e.